The van der Waals surface area contributed by atoms with Crippen LogP contribution in [0.1, 0.15) is 55.0 Å². The van der Waals surface area contributed by atoms with Crippen molar-refractivity contribution >= 4 is 21.6 Å². The maximum Gasteiger partial charge on any atom is 0.241 e. The minimum absolute atomic E-state index is 0.210. The van der Waals surface area contributed by atoms with E-state index < -0.39 is 10.0 Å². The Bertz CT molecular complexity index is 935. The normalized spacial score (nSPS) is 12.7. The molecule has 0 bridgehead atoms. The fraction of sp³-hybridized carbons (Fsp3) is 0.409. The van der Waals surface area contributed by atoms with Gasteiger partial charge in [-0.25, -0.2) is 8.42 Å². The van der Waals surface area contributed by atoms with Crippen molar-refractivity contribution in [3.8, 4) is 0 Å². The van der Waals surface area contributed by atoms with E-state index in [-0.39, 0.29) is 18.5 Å². The molecule has 5 nitrogen and oxygen atoms in total. The van der Waals surface area contributed by atoms with Crippen LogP contribution in [0, 0.1) is 13.8 Å². The summed E-state index contributed by atoms with van der Waals surface area (Å²) in [6.45, 7) is 9.82. The second-order valence-electron chi connectivity index (χ2n) is 7.67. The molecule has 152 valence electrons. The number of carbonyl (C=O) groups excluding carboxylic acids is 1. The third kappa shape index (κ3) is 5.58. The van der Waals surface area contributed by atoms with Crippen molar-refractivity contribution in [3.63, 3.8) is 0 Å². The monoisotopic (exact) mass is 402 g/mol. The van der Waals surface area contributed by atoms with E-state index in [0.717, 1.165) is 32.8 Å². The van der Waals surface area contributed by atoms with E-state index in [0.29, 0.717) is 11.6 Å². The van der Waals surface area contributed by atoms with Crippen LogP contribution in [0.4, 0.5) is 5.69 Å². The summed E-state index contributed by atoms with van der Waals surface area (Å²) in [6, 6.07) is 13.1. The molecule has 0 aliphatic rings. The maximum absolute atomic E-state index is 12.6. The van der Waals surface area contributed by atoms with Crippen LogP contribution in [0.2, 0.25) is 0 Å². The van der Waals surface area contributed by atoms with Crippen molar-refractivity contribution < 1.29 is 13.2 Å². The Morgan fingerprint density at radius 2 is 1.64 bits per heavy atom. The second kappa shape index (κ2) is 8.78. The summed E-state index contributed by atoms with van der Waals surface area (Å²) >= 11 is 0. The number of amides is 1. The number of carbonyl (C=O) groups is 1. The largest absolute Gasteiger partial charge is 0.348 e. The molecule has 0 unspecified atom stereocenters. The first-order valence-corrected chi connectivity index (χ1v) is 11.3. The molecule has 0 spiro atoms. The summed E-state index contributed by atoms with van der Waals surface area (Å²) in [5.74, 6) is 0.00784. The highest BCUT2D eigenvalue weighted by Gasteiger charge is 2.22. The summed E-state index contributed by atoms with van der Waals surface area (Å²) in [6.07, 6.45) is 1.12. The van der Waals surface area contributed by atoms with Gasteiger partial charge in [-0.05, 0) is 55.5 Å². The van der Waals surface area contributed by atoms with Gasteiger partial charge in [0.1, 0.15) is 6.54 Å². The summed E-state index contributed by atoms with van der Waals surface area (Å²) in [7, 11) is -3.59. The molecule has 0 radical (unpaired) electrons. The molecule has 2 aromatic carbocycles. The predicted molar refractivity (Wildman–Crippen MR) is 115 cm³/mol. The second-order valence-corrected chi connectivity index (χ2v) is 9.57. The first-order chi connectivity index (χ1) is 13.0. The van der Waals surface area contributed by atoms with Gasteiger partial charge in [-0.1, -0.05) is 49.7 Å². The van der Waals surface area contributed by atoms with E-state index >= 15 is 0 Å². The number of sulfonamides is 1. The molecule has 2 rings (SSSR count). The van der Waals surface area contributed by atoms with Crippen LogP contribution in [0.3, 0.4) is 0 Å². The highest BCUT2D eigenvalue weighted by Crippen LogP contribution is 2.22. The molecule has 1 amide bonds. The molecule has 0 heterocycles. The number of anilines is 1. The van der Waals surface area contributed by atoms with Crippen LogP contribution in [-0.4, -0.2) is 27.1 Å². The van der Waals surface area contributed by atoms with Crippen LogP contribution in [0.25, 0.3) is 0 Å². The molecule has 1 atom stereocenters. The highest BCUT2D eigenvalue weighted by atomic mass is 32.2. The SMILES string of the molecule is Cc1ccc([C@@H](C)NC(=O)CN(c2ccc(C(C)C)cc2)S(C)(=O)=O)c(C)c1. The van der Waals surface area contributed by atoms with E-state index in [2.05, 4.69) is 25.2 Å². The lowest BCUT2D eigenvalue weighted by Crippen LogP contribution is -2.41. The molecule has 0 aliphatic heterocycles. The number of rotatable bonds is 7. The lowest BCUT2D eigenvalue weighted by Gasteiger charge is -2.24. The van der Waals surface area contributed by atoms with Crippen LogP contribution in [0.15, 0.2) is 42.5 Å². The molecule has 6 heteroatoms. The van der Waals surface area contributed by atoms with Crippen molar-refractivity contribution in [2.45, 2.75) is 46.6 Å². The fourth-order valence-electron chi connectivity index (χ4n) is 3.23. The third-order valence-electron chi connectivity index (χ3n) is 4.80. The van der Waals surface area contributed by atoms with E-state index in [1.807, 2.05) is 45.0 Å². The highest BCUT2D eigenvalue weighted by molar-refractivity contribution is 7.92. The standard InChI is InChI=1S/C22H30N2O3S/c1-15(2)19-8-10-20(11-9-19)24(28(6,26)27)14-22(25)23-18(5)21-12-7-16(3)13-17(21)4/h7-13,15,18H,14H2,1-6H3,(H,23,25)/t18-/m1/s1. The number of hydrogen-bond donors (Lipinski definition) is 1. The molecule has 1 N–H and O–H groups in total. The smallest absolute Gasteiger partial charge is 0.241 e. The quantitative estimate of drug-likeness (QED) is 0.759. The number of nitrogens with zero attached hydrogens (tertiary/aromatic N) is 1. The summed E-state index contributed by atoms with van der Waals surface area (Å²) < 4.78 is 25.7. The van der Waals surface area contributed by atoms with Gasteiger partial charge in [-0.15, -0.1) is 0 Å². The topological polar surface area (TPSA) is 66.5 Å². The average molecular weight is 403 g/mol. The van der Waals surface area contributed by atoms with Gasteiger partial charge >= 0.3 is 0 Å². The predicted octanol–water partition coefficient (Wildman–Crippen LogP) is 4.07. The van der Waals surface area contributed by atoms with Gasteiger partial charge in [0.25, 0.3) is 0 Å². The van der Waals surface area contributed by atoms with E-state index in [1.54, 1.807) is 12.1 Å². The average Bonchev–Trinajstić information content (AvgIpc) is 2.58. The van der Waals surface area contributed by atoms with Gasteiger partial charge in [-0.2, -0.15) is 0 Å². The van der Waals surface area contributed by atoms with Gasteiger partial charge in [0.05, 0.1) is 18.0 Å². The molecule has 0 aliphatic carbocycles. The van der Waals surface area contributed by atoms with Gasteiger partial charge < -0.3 is 5.32 Å². The molecule has 0 saturated carbocycles. The minimum Gasteiger partial charge on any atom is -0.348 e. The number of benzene rings is 2. The lowest BCUT2D eigenvalue weighted by molar-refractivity contribution is -0.120. The van der Waals surface area contributed by atoms with Crippen LogP contribution in [0.5, 0.6) is 0 Å². The summed E-state index contributed by atoms with van der Waals surface area (Å²) in [4.78, 5) is 12.6. The Morgan fingerprint density at radius 1 is 1.04 bits per heavy atom. The first-order valence-electron chi connectivity index (χ1n) is 9.43. The number of aryl methyl sites for hydroxylation is 2. The molecule has 2 aromatic rings. The van der Waals surface area contributed by atoms with Crippen molar-refractivity contribution in [2.75, 3.05) is 17.1 Å². The Labute approximate surface area is 168 Å². The number of nitrogens with one attached hydrogen (secondary N) is 1. The lowest BCUT2D eigenvalue weighted by atomic mass is 10.0. The zero-order chi connectivity index (χ0) is 21.1. The summed E-state index contributed by atoms with van der Waals surface area (Å²) in [5, 5.41) is 2.91. The van der Waals surface area contributed by atoms with Crippen LogP contribution in [-0.2, 0) is 14.8 Å². The Hall–Kier alpha value is -2.34. The molecule has 28 heavy (non-hydrogen) atoms. The van der Waals surface area contributed by atoms with Gasteiger partial charge in [0.2, 0.25) is 15.9 Å². The van der Waals surface area contributed by atoms with Crippen molar-refractivity contribution in [1.82, 2.24) is 5.32 Å². The summed E-state index contributed by atoms with van der Waals surface area (Å²) in [5.41, 5.74) is 4.88. The first kappa shape index (κ1) is 22.0. The number of hydrogen-bond acceptors (Lipinski definition) is 3. The van der Waals surface area contributed by atoms with Crippen LogP contribution >= 0.6 is 0 Å². The van der Waals surface area contributed by atoms with E-state index in [1.165, 1.54) is 0 Å². The molecule has 0 fully saturated rings. The van der Waals surface area contributed by atoms with Gasteiger partial charge in [-0.3, -0.25) is 9.10 Å². The fourth-order valence-corrected chi connectivity index (χ4v) is 4.09. The maximum atomic E-state index is 12.6. The Morgan fingerprint density at radius 3 is 2.14 bits per heavy atom. The zero-order valence-corrected chi connectivity index (χ0v) is 18.3. The van der Waals surface area contributed by atoms with Crippen molar-refractivity contribution in [2.24, 2.45) is 0 Å². The van der Waals surface area contributed by atoms with E-state index in [4.69, 9.17) is 0 Å². The molecular weight excluding hydrogens is 372 g/mol. The van der Waals surface area contributed by atoms with Crippen molar-refractivity contribution in [3.05, 3.63) is 64.7 Å². The molecule has 0 saturated heterocycles. The van der Waals surface area contributed by atoms with Crippen molar-refractivity contribution in [1.29, 1.82) is 0 Å². The van der Waals surface area contributed by atoms with E-state index in [9.17, 15) is 13.2 Å². The molecular formula is C22H30N2O3S. The van der Waals surface area contributed by atoms with Gasteiger partial charge in [0.15, 0.2) is 0 Å². The van der Waals surface area contributed by atoms with Crippen LogP contribution < -0.4 is 9.62 Å². The third-order valence-corrected chi connectivity index (χ3v) is 5.95. The Balaban J connectivity index is 2.17. The minimum atomic E-state index is -3.59. The zero-order valence-electron chi connectivity index (χ0n) is 17.5. The Kier molecular flexibility index (Phi) is 6.88. The van der Waals surface area contributed by atoms with Gasteiger partial charge in [0, 0.05) is 0 Å². The molecule has 0 aromatic heterocycles.